The van der Waals surface area contributed by atoms with Crippen LogP contribution in [0.2, 0.25) is 5.02 Å². The van der Waals surface area contributed by atoms with Gasteiger partial charge in [0.1, 0.15) is 11.5 Å². The predicted molar refractivity (Wildman–Crippen MR) is 85.6 cm³/mol. The topological polar surface area (TPSA) is 90.7 Å². The van der Waals surface area contributed by atoms with Gasteiger partial charge in [0.15, 0.2) is 0 Å². The number of nitrogens with one attached hydrogen (secondary N) is 1. The molecule has 0 aliphatic rings. The highest BCUT2D eigenvalue weighted by molar-refractivity contribution is 6.34. The second-order valence-electron chi connectivity index (χ2n) is 4.44. The van der Waals surface area contributed by atoms with Crippen molar-refractivity contribution in [3.63, 3.8) is 0 Å². The molecule has 0 heterocycles. The van der Waals surface area contributed by atoms with Crippen LogP contribution in [0.3, 0.4) is 0 Å². The summed E-state index contributed by atoms with van der Waals surface area (Å²) >= 11 is 5.96. The lowest BCUT2D eigenvalue weighted by Crippen LogP contribution is -2.13. The van der Waals surface area contributed by atoms with Crippen molar-refractivity contribution in [2.45, 2.75) is 0 Å². The molecule has 120 valence electrons. The lowest BCUT2D eigenvalue weighted by molar-refractivity contribution is -0.384. The lowest BCUT2D eigenvalue weighted by Gasteiger charge is -2.11. The van der Waals surface area contributed by atoms with E-state index in [4.69, 9.17) is 21.1 Å². The van der Waals surface area contributed by atoms with Gasteiger partial charge >= 0.3 is 0 Å². The van der Waals surface area contributed by atoms with E-state index >= 15 is 0 Å². The van der Waals surface area contributed by atoms with Crippen LogP contribution < -0.4 is 14.8 Å². The molecule has 23 heavy (non-hydrogen) atoms. The third-order valence-corrected chi connectivity index (χ3v) is 3.38. The van der Waals surface area contributed by atoms with E-state index in [0.29, 0.717) is 11.5 Å². The number of hydrogen-bond acceptors (Lipinski definition) is 5. The van der Waals surface area contributed by atoms with Crippen molar-refractivity contribution in [3.8, 4) is 11.5 Å². The summed E-state index contributed by atoms with van der Waals surface area (Å²) in [6.07, 6.45) is 0. The Morgan fingerprint density at radius 3 is 2.48 bits per heavy atom. The first-order chi connectivity index (χ1) is 11.0. The van der Waals surface area contributed by atoms with Crippen molar-refractivity contribution in [1.29, 1.82) is 0 Å². The number of halogens is 1. The summed E-state index contributed by atoms with van der Waals surface area (Å²) in [6, 6.07) is 8.54. The predicted octanol–water partition coefficient (Wildman–Crippen LogP) is 3.52. The zero-order chi connectivity index (χ0) is 17.0. The van der Waals surface area contributed by atoms with E-state index in [1.54, 1.807) is 18.2 Å². The summed E-state index contributed by atoms with van der Waals surface area (Å²) < 4.78 is 10.2. The normalized spacial score (nSPS) is 10.0. The highest BCUT2D eigenvalue weighted by atomic mass is 35.5. The number of anilines is 1. The average molecular weight is 337 g/mol. The number of non-ortho nitro benzene ring substituents is 1. The molecule has 8 heteroatoms. The molecule has 0 aromatic heterocycles. The summed E-state index contributed by atoms with van der Waals surface area (Å²) in [5.41, 5.74) is 0.387. The van der Waals surface area contributed by atoms with Gasteiger partial charge in [0.05, 0.1) is 35.4 Å². The van der Waals surface area contributed by atoms with Crippen LogP contribution in [0.5, 0.6) is 11.5 Å². The number of methoxy groups -OCH3 is 2. The van der Waals surface area contributed by atoms with Gasteiger partial charge in [-0.25, -0.2) is 0 Å². The Balaban J connectivity index is 2.27. The number of amides is 1. The third-order valence-electron chi connectivity index (χ3n) is 3.07. The number of nitro groups is 1. The fourth-order valence-electron chi connectivity index (χ4n) is 1.89. The van der Waals surface area contributed by atoms with E-state index in [9.17, 15) is 14.9 Å². The van der Waals surface area contributed by atoms with Gasteiger partial charge in [-0.1, -0.05) is 11.6 Å². The Morgan fingerprint density at radius 2 is 1.91 bits per heavy atom. The van der Waals surface area contributed by atoms with Crippen LogP contribution in [0, 0.1) is 10.1 Å². The maximum atomic E-state index is 12.3. The number of nitrogens with zero attached hydrogens (tertiary/aromatic N) is 1. The van der Waals surface area contributed by atoms with Crippen molar-refractivity contribution in [3.05, 3.63) is 57.1 Å². The van der Waals surface area contributed by atoms with Crippen molar-refractivity contribution >= 4 is 28.9 Å². The second-order valence-corrected chi connectivity index (χ2v) is 4.85. The van der Waals surface area contributed by atoms with Crippen LogP contribution in [0.15, 0.2) is 36.4 Å². The highest BCUT2D eigenvalue weighted by Gasteiger charge is 2.16. The van der Waals surface area contributed by atoms with Gasteiger partial charge in [-0.15, -0.1) is 0 Å². The second kappa shape index (κ2) is 6.97. The van der Waals surface area contributed by atoms with Crippen molar-refractivity contribution in [2.75, 3.05) is 19.5 Å². The summed E-state index contributed by atoms with van der Waals surface area (Å²) in [4.78, 5) is 22.5. The van der Waals surface area contributed by atoms with Crippen LogP contribution in [-0.4, -0.2) is 25.1 Å². The molecule has 2 aromatic rings. The Labute approximate surface area is 136 Å². The molecule has 0 fully saturated rings. The van der Waals surface area contributed by atoms with Gasteiger partial charge in [0.25, 0.3) is 11.6 Å². The van der Waals surface area contributed by atoms with Crippen LogP contribution >= 0.6 is 11.6 Å². The smallest absolute Gasteiger partial charge is 0.271 e. The van der Waals surface area contributed by atoms with E-state index in [1.165, 1.54) is 32.4 Å². The molecule has 0 bridgehead atoms. The molecule has 0 atom stereocenters. The van der Waals surface area contributed by atoms with Gasteiger partial charge in [0, 0.05) is 18.2 Å². The molecule has 0 aliphatic carbocycles. The van der Waals surface area contributed by atoms with Crippen LogP contribution in [-0.2, 0) is 0 Å². The van der Waals surface area contributed by atoms with Crippen LogP contribution in [0.1, 0.15) is 10.4 Å². The Hall–Kier alpha value is -2.80. The molecule has 0 saturated heterocycles. The molecule has 2 aromatic carbocycles. The molecule has 0 saturated carbocycles. The number of benzene rings is 2. The minimum atomic E-state index is -0.565. The molecule has 0 unspecified atom stereocenters. The minimum Gasteiger partial charge on any atom is -0.497 e. The van der Waals surface area contributed by atoms with Crippen LogP contribution in [0.4, 0.5) is 11.4 Å². The fourth-order valence-corrected chi connectivity index (χ4v) is 2.12. The fraction of sp³-hybridized carbons (Fsp3) is 0.133. The molecule has 2 rings (SSSR count). The van der Waals surface area contributed by atoms with Gasteiger partial charge in [-0.2, -0.15) is 0 Å². The molecule has 0 spiro atoms. The Kier molecular flexibility index (Phi) is 5.02. The van der Waals surface area contributed by atoms with Crippen LogP contribution in [0.25, 0.3) is 0 Å². The van der Waals surface area contributed by atoms with E-state index < -0.39 is 10.8 Å². The molecular formula is C15H13ClN2O5. The Bertz CT molecular complexity index is 764. The van der Waals surface area contributed by atoms with E-state index in [-0.39, 0.29) is 22.0 Å². The number of rotatable bonds is 5. The SMILES string of the molecule is COc1ccc(C(=O)Nc2ccc([N+](=O)[O-])cc2Cl)c(OC)c1. The first-order valence-electron chi connectivity index (χ1n) is 6.43. The highest BCUT2D eigenvalue weighted by Crippen LogP contribution is 2.29. The molecular weight excluding hydrogens is 324 g/mol. The third kappa shape index (κ3) is 3.70. The van der Waals surface area contributed by atoms with Gasteiger partial charge < -0.3 is 14.8 Å². The zero-order valence-electron chi connectivity index (χ0n) is 12.3. The lowest BCUT2D eigenvalue weighted by atomic mass is 10.1. The molecule has 7 nitrogen and oxygen atoms in total. The monoisotopic (exact) mass is 336 g/mol. The number of nitro benzene ring substituents is 1. The summed E-state index contributed by atoms with van der Waals surface area (Å²) in [5, 5.41) is 13.3. The minimum absolute atomic E-state index is 0.0695. The first kappa shape index (κ1) is 16.6. The zero-order valence-corrected chi connectivity index (χ0v) is 13.1. The van der Waals surface area contributed by atoms with E-state index in [2.05, 4.69) is 5.32 Å². The molecule has 1 N–H and O–H groups in total. The standard InChI is InChI=1S/C15H13ClN2O5/c1-22-10-4-5-11(14(8-10)23-2)15(19)17-13-6-3-9(18(20)21)7-12(13)16/h3-8H,1-2H3,(H,17,19). The number of ether oxygens (including phenoxy) is 2. The first-order valence-corrected chi connectivity index (χ1v) is 6.81. The molecule has 0 radical (unpaired) electrons. The van der Waals surface area contributed by atoms with Gasteiger partial charge in [-0.3, -0.25) is 14.9 Å². The molecule has 1 amide bonds. The quantitative estimate of drug-likeness (QED) is 0.666. The summed E-state index contributed by atoms with van der Waals surface area (Å²) in [5.74, 6) is 0.423. The molecule has 0 aliphatic heterocycles. The number of hydrogen-bond donors (Lipinski definition) is 1. The van der Waals surface area contributed by atoms with E-state index in [1.807, 2.05) is 0 Å². The Morgan fingerprint density at radius 1 is 1.17 bits per heavy atom. The average Bonchev–Trinajstić information content (AvgIpc) is 2.55. The van der Waals surface area contributed by atoms with Crippen molar-refractivity contribution < 1.29 is 19.2 Å². The largest absolute Gasteiger partial charge is 0.497 e. The van der Waals surface area contributed by atoms with Crippen molar-refractivity contribution in [1.82, 2.24) is 0 Å². The number of carbonyl (C=O) groups is 1. The van der Waals surface area contributed by atoms with Gasteiger partial charge in [-0.05, 0) is 18.2 Å². The maximum absolute atomic E-state index is 12.3. The summed E-state index contributed by atoms with van der Waals surface area (Å²) in [7, 11) is 2.94. The summed E-state index contributed by atoms with van der Waals surface area (Å²) in [6.45, 7) is 0. The maximum Gasteiger partial charge on any atom is 0.271 e. The number of carbonyl (C=O) groups excluding carboxylic acids is 1. The van der Waals surface area contributed by atoms with E-state index in [0.717, 1.165) is 0 Å². The van der Waals surface area contributed by atoms with Crippen molar-refractivity contribution in [2.24, 2.45) is 0 Å². The van der Waals surface area contributed by atoms with Gasteiger partial charge in [0.2, 0.25) is 0 Å².